The second-order valence-electron chi connectivity index (χ2n) is 7.72. The highest BCUT2D eigenvalue weighted by Gasteiger charge is 2.38. The van der Waals surface area contributed by atoms with Crippen molar-refractivity contribution in [3.8, 4) is 45.4 Å². The predicted molar refractivity (Wildman–Crippen MR) is 128 cm³/mol. The lowest BCUT2D eigenvalue weighted by Crippen LogP contribution is -2.12. The first-order chi connectivity index (χ1) is 17.6. The summed E-state index contributed by atoms with van der Waals surface area (Å²) in [5, 5.41) is 10.9. The van der Waals surface area contributed by atoms with Crippen molar-refractivity contribution in [2.45, 2.75) is 12.8 Å². The van der Waals surface area contributed by atoms with E-state index in [4.69, 9.17) is 25.8 Å². The van der Waals surface area contributed by atoms with Gasteiger partial charge in [0.1, 0.15) is 30.3 Å². The second-order valence-corrected chi connectivity index (χ2v) is 8.12. The molecule has 0 fully saturated rings. The van der Waals surface area contributed by atoms with E-state index in [1.54, 1.807) is 0 Å². The summed E-state index contributed by atoms with van der Waals surface area (Å²) in [6, 6.07) is 12.2. The first-order valence-corrected chi connectivity index (χ1v) is 11.0. The van der Waals surface area contributed by atoms with Gasteiger partial charge in [-0.3, -0.25) is 0 Å². The Balaban J connectivity index is 1.76. The first-order valence-electron chi connectivity index (χ1n) is 10.7. The highest BCUT2D eigenvalue weighted by Crippen LogP contribution is 2.44. The molecule has 0 spiro atoms. The first kappa shape index (κ1) is 26.0. The van der Waals surface area contributed by atoms with E-state index in [0.29, 0.717) is 11.3 Å². The molecule has 4 aromatic rings. The van der Waals surface area contributed by atoms with Crippen molar-refractivity contribution in [2.75, 3.05) is 14.2 Å². The maximum atomic E-state index is 14.0. The number of hydrogen-bond acceptors (Lipinski definition) is 6. The summed E-state index contributed by atoms with van der Waals surface area (Å²) in [6.07, 6.45) is -4.03. The van der Waals surface area contributed by atoms with Gasteiger partial charge in [0.25, 0.3) is 0 Å². The third kappa shape index (κ3) is 5.54. The van der Waals surface area contributed by atoms with Gasteiger partial charge in [0.15, 0.2) is 17.2 Å². The summed E-state index contributed by atoms with van der Waals surface area (Å²) in [7, 11) is 2.76. The lowest BCUT2D eigenvalue weighted by Gasteiger charge is -2.18. The third-order valence-corrected chi connectivity index (χ3v) is 5.77. The SMILES string of the molecule is COc1ccc(-c2c(-c3ccc(OCc4ccc(F)cc4Cl)cc3O)ncnc2C(F)(F)F)cc1OC. The van der Waals surface area contributed by atoms with Crippen LogP contribution < -0.4 is 14.2 Å². The minimum Gasteiger partial charge on any atom is -0.507 e. The second kappa shape index (κ2) is 10.5. The zero-order valence-corrected chi connectivity index (χ0v) is 20.2. The molecule has 1 aromatic heterocycles. The van der Waals surface area contributed by atoms with E-state index in [-0.39, 0.29) is 51.3 Å². The van der Waals surface area contributed by atoms with Crippen LogP contribution in [0.2, 0.25) is 5.02 Å². The van der Waals surface area contributed by atoms with Crippen molar-refractivity contribution in [1.82, 2.24) is 9.97 Å². The van der Waals surface area contributed by atoms with Gasteiger partial charge in [-0.1, -0.05) is 23.7 Å². The number of halogens is 5. The number of methoxy groups -OCH3 is 2. The number of phenolic OH excluding ortho intramolecular Hbond substituents is 1. The highest BCUT2D eigenvalue weighted by molar-refractivity contribution is 6.31. The van der Waals surface area contributed by atoms with Gasteiger partial charge in [-0.25, -0.2) is 14.4 Å². The van der Waals surface area contributed by atoms with Gasteiger partial charge in [-0.15, -0.1) is 0 Å². The minimum atomic E-state index is -4.81. The molecule has 0 radical (unpaired) electrons. The average Bonchev–Trinajstić information content (AvgIpc) is 2.87. The van der Waals surface area contributed by atoms with Crippen molar-refractivity contribution in [3.63, 3.8) is 0 Å². The van der Waals surface area contributed by atoms with E-state index in [1.165, 1.54) is 62.8 Å². The summed E-state index contributed by atoms with van der Waals surface area (Å²) in [4.78, 5) is 7.55. The Hall–Kier alpha value is -4.05. The molecular formula is C26H19ClF4N2O4. The molecule has 0 bridgehead atoms. The Kier molecular flexibility index (Phi) is 7.40. The fourth-order valence-corrected chi connectivity index (χ4v) is 3.89. The van der Waals surface area contributed by atoms with Crippen LogP contribution in [0.5, 0.6) is 23.0 Å². The van der Waals surface area contributed by atoms with Gasteiger partial charge >= 0.3 is 6.18 Å². The zero-order chi connectivity index (χ0) is 26.7. The number of ether oxygens (including phenoxy) is 3. The standard InChI is InChI=1S/C26H19ClF4N2O4/c1-35-21-8-4-14(9-22(21)36-2)23-24(32-13-33-25(23)26(29,30)31)18-7-6-17(11-20(18)34)37-12-15-3-5-16(28)10-19(15)27/h3-11,13,34H,12H2,1-2H3. The molecular weight excluding hydrogens is 516 g/mol. The summed E-state index contributed by atoms with van der Waals surface area (Å²) in [5.74, 6) is -0.140. The summed E-state index contributed by atoms with van der Waals surface area (Å²) in [5.41, 5.74) is -1.06. The van der Waals surface area contributed by atoms with Crippen LogP contribution >= 0.6 is 11.6 Å². The topological polar surface area (TPSA) is 73.7 Å². The normalized spacial score (nSPS) is 11.3. The Morgan fingerprint density at radius 2 is 1.68 bits per heavy atom. The van der Waals surface area contributed by atoms with Crippen LogP contribution in [0, 0.1) is 5.82 Å². The maximum Gasteiger partial charge on any atom is 0.434 e. The van der Waals surface area contributed by atoms with Crippen molar-refractivity contribution in [3.05, 3.63) is 83.0 Å². The van der Waals surface area contributed by atoms with Gasteiger partial charge in [0.2, 0.25) is 0 Å². The molecule has 192 valence electrons. The number of aromatic nitrogens is 2. The van der Waals surface area contributed by atoms with Crippen molar-refractivity contribution in [1.29, 1.82) is 0 Å². The Morgan fingerprint density at radius 3 is 2.32 bits per heavy atom. The van der Waals surface area contributed by atoms with Crippen LogP contribution in [0.4, 0.5) is 17.6 Å². The minimum absolute atomic E-state index is 0.0184. The number of benzene rings is 3. The summed E-state index contributed by atoms with van der Waals surface area (Å²) < 4.78 is 71.2. The number of nitrogens with zero attached hydrogens (tertiary/aromatic N) is 2. The lowest BCUT2D eigenvalue weighted by molar-refractivity contribution is -0.140. The average molecular weight is 535 g/mol. The molecule has 3 aromatic carbocycles. The van der Waals surface area contributed by atoms with Crippen LogP contribution in [-0.2, 0) is 12.8 Å². The van der Waals surface area contributed by atoms with Crippen molar-refractivity contribution in [2.24, 2.45) is 0 Å². The molecule has 0 aliphatic rings. The third-order valence-electron chi connectivity index (χ3n) is 5.42. The van der Waals surface area contributed by atoms with Crippen LogP contribution in [0.15, 0.2) is 60.9 Å². The van der Waals surface area contributed by atoms with E-state index in [1.807, 2.05) is 0 Å². The number of rotatable bonds is 7. The molecule has 1 heterocycles. The van der Waals surface area contributed by atoms with Crippen LogP contribution in [0.1, 0.15) is 11.3 Å². The molecule has 0 aliphatic heterocycles. The number of hydrogen-bond donors (Lipinski definition) is 1. The van der Waals surface area contributed by atoms with E-state index in [2.05, 4.69) is 9.97 Å². The van der Waals surface area contributed by atoms with Gasteiger partial charge in [-0.2, -0.15) is 13.2 Å². The lowest BCUT2D eigenvalue weighted by atomic mass is 9.96. The van der Waals surface area contributed by atoms with Crippen LogP contribution in [0.3, 0.4) is 0 Å². The molecule has 1 N–H and O–H groups in total. The quantitative estimate of drug-likeness (QED) is 0.259. The van der Waals surface area contributed by atoms with Gasteiger partial charge in [-0.05, 0) is 42.0 Å². The maximum absolute atomic E-state index is 14.0. The van der Waals surface area contributed by atoms with Gasteiger partial charge < -0.3 is 19.3 Å². The molecule has 37 heavy (non-hydrogen) atoms. The Bertz CT molecular complexity index is 1450. The summed E-state index contributed by atoms with van der Waals surface area (Å²) in [6.45, 7) is -0.0273. The molecule has 0 amide bonds. The fourth-order valence-electron chi connectivity index (χ4n) is 3.67. The molecule has 11 heteroatoms. The van der Waals surface area contributed by atoms with E-state index < -0.39 is 17.7 Å². The molecule has 0 saturated heterocycles. The predicted octanol–water partition coefficient (Wildman–Crippen LogP) is 6.92. The largest absolute Gasteiger partial charge is 0.507 e. The van der Waals surface area contributed by atoms with E-state index in [9.17, 15) is 22.7 Å². The van der Waals surface area contributed by atoms with Gasteiger partial charge in [0.05, 0.1) is 24.9 Å². The number of aromatic hydroxyl groups is 1. The zero-order valence-electron chi connectivity index (χ0n) is 19.4. The highest BCUT2D eigenvalue weighted by atomic mass is 35.5. The van der Waals surface area contributed by atoms with Gasteiger partial charge in [0, 0.05) is 22.8 Å². The van der Waals surface area contributed by atoms with E-state index in [0.717, 1.165) is 12.4 Å². The number of alkyl halides is 3. The monoisotopic (exact) mass is 534 g/mol. The molecule has 0 atom stereocenters. The van der Waals surface area contributed by atoms with Crippen molar-refractivity contribution >= 4 is 11.6 Å². The van der Waals surface area contributed by atoms with E-state index >= 15 is 0 Å². The molecule has 0 saturated carbocycles. The smallest absolute Gasteiger partial charge is 0.434 e. The Morgan fingerprint density at radius 1 is 0.919 bits per heavy atom. The van der Waals surface area contributed by atoms with Crippen molar-refractivity contribution < 1.29 is 36.9 Å². The fraction of sp³-hybridized carbons (Fsp3) is 0.154. The Labute approximate surface area is 214 Å². The summed E-state index contributed by atoms with van der Waals surface area (Å²) >= 11 is 6.01. The van der Waals surface area contributed by atoms with Crippen LogP contribution in [-0.4, -0.2) is 29.3 Å². The molecule has 4 rings (SSSR count). The molecule has 0 aliphatic carbocycles. The molecule has 0 unspecified atom stereocenters. The molecule has 6 nitrogen and oxygen atoms in total. The number of phenols is 1. The van der Waals surface area contributed by atoms with Crippen LogP contribution in [0.25, 0.3) is 22.4 Å².